The Bertz CT molecular complexity index is 1160. The molecular formula is C25H28FN5O2S. The van der Waals surface area contributed by atoms with Crippen LogP contribution in [0, 0.1) is 5.82 Å². The maximum absolute atomic E-state index is 13.4. The van der Waals surface area contributed by atoms with E-state index in [2.05, 4.69) is 38.7 Å². The predicted molar refractivity (Wildman–Crippen MR) is 132 cm³/mol. The number of fused-ring (bicyclic) bond motifs is 1. The van der Waals surface area contributed by atoms with Crippen molar-refractivity contribution in [3.8, 4) is 0 Å². The fourth-order valence-electron chi connectivity index (χ4n) is 4.66. The van der Waals surface area contributed by atoms with Gasteiger partial charge in [-0.15, -0.1) is 0 Å². The summed E-state index contributed by atoms with van der Waals surface area (Å²) >= 11 is 0.926. The smallest absolute Gasteiger partial charge is 0.290 e. The lowest BCUT2D eigenvalue weighted by Crippen LogP contribution is -2.58. The largest absolute Gasteiger partial charge is 0.358 e. The zero-order valence-electron chi connectivity index (χ0n) is 18.7. The van der Waals surface area contributed by atoms with Crippen LogP contribution >= 0.6 is 11.8 Å². The molecule has 2 amide bonds. The molecule has 1 aliphatic carbocycles. The van der Waals surface area contributed by atoms with E-state index in [1.54, 1.807) is 12.1 Å². The van der Waals surface area contributed by atoms with Crippen LogP contribution < -0.4 is 26.6 Å². The van der Waals surface area contributed by atoms with Crippen LogP contribution in [0.4, 0.5) is 9.18 Å². The minimum atomic E-state index is -0.343. The summed E-state index contributed by atoms with van der Waals surface area (Å²) < 4.78 is 13.4. The number of hydrogen-bond donors (Lipinski definition) is 5. The van der Waals surface area contributed by atoms with Gasteiger partial charge in [0.05, 0.1) is 4.91 Å². The summed E-state index contributed by atoms with van der Waals surface area (Å²) in [5.74, 6) is -0.549. The molecule has 1 unspecified atom stereocenters. The molecule has 0 spiro atoms. The maximum atomic E-state index is 13.4. The van der Waals surface area contributed by atoms with Crippen LogP contribution in [0.5, 0.6) is 0 Å². The Balaban J connectivity index is 1.07. The topological polar surface area (TPSA) is 94.3 Å². The molecule has 0 bridgehead atoms. The third kappa shape index (κ3) is 5.67. The molecule has 1 saturated heterocycles. The number of halogens is 1. The molecular weight excluding hydrogens is 453 g/mol. The highest BCUT2D eigenvalue weighted by molar-refractivity contribution is 8.18. The van der Waals surface area contributed by atoms with Gasteiger partial charge in [0.1, 0.15) is 12.1 Å². The van der Waals surface area contributed by atoms with E-state index in [0.29, 0.717) is 23.5 Å². The van der Waals surface area contributed by atoms with E-state index < -0.39 is 0 Å². The Morgan fingerprint density at radius 3 is 2.59 bits per heavy atom. The molecule has 3 aliphatic rings. The van der Waals surface area contributed by atoms with Crippen molar-refractivity contribution in [3.05, 3.63) is 70.5 Å². The second-order valence-corrected chi connectivity index (χ2v) is 9.93. The molecule has 2 aromatic rings. The summed E-state index contributed by atoms with van der Waals surface area (Å²) in [6.07, 6.45) is 7.93. The highest BCUT2D eigenvalue weighted by Crippen LogP contribution is 2.25. The monoisotopic (exact) mass is 481 g/mol. The Hall–Kier alpha value is -2.72. The fraction of sp³-hybridized carbons (Fsp3) is 0.360. The van der Waals surface area contributed by atoms with Gasteiger partial charge in [0.2, 0.25) is 0 Å². The van der Waals surface area contributed by atoms with Crippen LogP contribution in [0.25, 0.3) is 10.8 Å². The van der Waals surface area contributed by atoms with E-state index in [9.17, 15) is 14.0 Å². The van der Waals surface area contributed by atoms with E-state index in [-0.39, 0.29) is 23.3 Å². The molecule has 0 radical (unpaired) electrons. The van der Waals surface area contributed by atoms with Crippen molar-refractivity contribution in [1.29, 1.82) is 0 Å². The van der Waals surface area contributed by atoms with Gasteiger partial charge in [0.25, 0.3) is 11.1 Å². The van der Waals surface area contributed by atoms with E-state index in [1.807, 2.05) is 18.2 Å². The second-order valence-electron chi connectivity index (χ2n) is 8.92. The summed E-state index contributed by atoms with van der Waals surface area (Å²) in [6.45, 7) is 1.48. The molecule has 1 atom stereocenters. The van der Waals surface area contributed by atoms with Crippen LogP contribution in [0.3, 0.4) is 0 Å². The van der Waals surface area contributed by atoms with Crippen LogP contribution in [-0.2, 0) is 11.3 Å². The first-order valence-corrected chi connectivity index (χ1v) is 12.5. The van der Waals surface area contributed by atoms with Gasteiger partial charge in [-0.05, 0) is 84.1 Å². The fourth-order valence-corrected chi connectivity index (χ4v) is 5.34. The van der Waals surface area contributed by atoms with Gasteiger partial charge < -0.3 is 10.6 Å². The van der Waals surface area contributed by atoms with Crippen molar-refractivity contribution >= 4 is 33.7 Å². The number of imide groups is 1. The molecule has 2 aromatic carbocycles. The molecule has 1 saturated carbocycles. The molecule has 5 rings (SSSR count). The maximum Gasteiger partial charge on any atom is 0.290 e. The molecule has 9 heteroatoms. The van der Waals surface area contributed by atoms with Crippen LogP contribution in [-0.4, -0.2) is 36.1 Å². The Labute approximate surface area is 202 Å². The van der Waals surface area contributed by atoms with Gasteiger partial charge in [-0.3, -0.25) is 25.5 Å². The number of benzene rings is 2. The van der Waals surface area contributed by atoms with Gasteiger partial charge in [-0.2, -0.15) is 0 Å². The molecule has 5 N–H and O–H groups in total. The summed E-state index contributed by atoms with van der Waals surface area (Å²) in [4.78, 5) is 23.5. The number of rotatable bonds is 6. The zero-order chi connectivity index (χ0) is 23.5. The molecule has 2 fully saturated rings. The average molecular weight is 482 g/mol. The van der Waals surface area contributed by atoms with Gasteiger partial charge in [-0.1, -0.05) is 18.2 Å². The standard InChI is InChI=1S/C25H28FN5O2S/c26-18-4-3-16-11-15(1-2-17(16)12-18)14-28-19-5-7-20(8-6-19)29-24-27-10-9-21(30-24)13-22-23(32)31-25(33)34-22/h1-4,9,11-13,19-20,24,27-30H,5-8,10,14H2,(H,31,32,33)/b22-13-/t19-,20+,24?. The van der Waals surface area contributed by atoms with Gasteiger partial charge >= 0.3 is 0 Å². The molecule has 0 aromatic heterocycles. The quantitative estimate of drug-likeness (QED) is 0.405. The summed E-state index contributed by atoms with van der Waals surface area (Å²) in [6, 6.07) is 11.9. The zero-order valence-corrected chi connectivity index (χ0v) is 19.5. The van der Waals surface area contributed by atoms with E-state index in [1.165, 1.54) is 11.6 Å². The van der Waals surface area contributed by atoms with Crippen molar-refractivity contribution in [2.24, 2.45) is 0 Å². The normalized spacial score (nSPS) is 26.4. The van der Waals surface area contributed by atoms with Crippen LogP contribution in [0.15, 0.2) is 59.2 Å². The van der Waals surface area contributed by atoms with Crippen molar-refractivity contribution in [1.82, 2.24) is 26.6 Å². The lowest BCUT2D eigenvalue weighted by atomic mass is 9.91. The molecule has 7 nitrogen and oxygen atoms in total. The number of allylic oxidation sites excluding steroid dienone is 1. The van der Waals surface area contributed by atoms with Gasteiger partial charge in [0.15, 0.2) is 0 Å². The number of hydrogen-bond acceptors (Lipinski definition) is 7. The first-order valence-electron chi connectivity index (χ1n) is 11.6. The Morgan fingerprint density at radius 1 is 1.03 bits per heavy atom. The van der Waals surface area contributed by atoms with E-state index in [4.69, 9.17) is 0 Å². The van der Waals surface area contributed by atoms with Crippen LogP contribution in [0.2, 0.25) is 0 Å². The first kappa shape index (κ1) is 23.0. The second kappa shape index (κ2) is 10.3. The number of thioether (sulfide) groups is 1. The number of carbonyl (C=O) groups excluding carboxylic acids is 2. The summed E-state index contributed by atoms with van der Waals surface area (Å²) in [7, 11) is 0. The summed E-state index contributed by atoms with van der Waals surface area (Å²) in [5, 5.41) is 18.0. The highest BCUT2D eigenvalue weighted by Gasteiger charge is 2.27. The van der Waals surface area contributed by atoms with Crippen molar-refractivity contribution in [3.63, 3.8) is 0 Å². The third-order valence-corrected chi connectivity index (χ3v) is 7.29. The lowest BCUT2D eigenvalue weighted by molar-refractivity contribution is -0.115. The minimum absolute atomic E-state index is 0.0843. The SMILES string of the molecule is O=C1NC(=O)/C(=C/C2=CCNC(N[C@H]3CC[C@@H](NCc4ccc5cc(F)ccc5c4)CC3)N2)S1. The number of carbonyl (C=O) groups is 2. The van der Waals surface area contributed by atoms with E-state index >= 15 is 0 Å². The molecule has 34 heavy (non-hydrogen) atoms. The number of nitrogens with one attached hydrogen (secondary N) is 5. The number of amides is 2. The van der Waals surface area contributed by atoms with Gasteiger partial charge in [-0.25, -0.2) is 4.39 Å². The van der Waals surface area contributed by atoms with E-state index in [0.717, 1.165) is 60.5 Å². The molecule has 2 heterocycles. The molecule has 2 aliphatic heterocycles. The van der Waals surface area contributed by atoms with Crippen molar-refractivity contribution in [2.75, 3.05) is 6.54 Å². The average Bonchev–Trinajstić information content (AvgIpc) is 3.15. The lowest BCUT2D eigenvalue weighted by Gasteiger charge is -2.35. The summed E-state index contributed by atoms with van der Waals surface area (Å²) in [5.41, 5.74) is 2.04. The minimum Gasteiger partial charge on any atom is -0.358 e. The Morgan fingerprint density at radius 2 is 1.79 bits per heavy atom. The third-order valence-electron chi connectivity index (χ3n) is 6.47. The van der Waals surface area contributed by atoms with Crippen molar-refractivity contribution < 1.29 is 14.0 Å². The molecule has 178 valence electrons. The first-order chi connectivity index (χ1) is 16.5. The van der Waals surface area contributed by atoms with Crippen molar-refractivity contribution in [2.45, 2.75) is 50.6 Å². The Kier molecular flexibility index (Phi) is 6.96. The van der Waals surface area contributed by atoms with Gasteiger partial charge in [0, 0.05) is 30.9 Å². The highest BCUT2D eigenvalue weighted by atomic mass is 32.2. The van der Waals surface area contributed by atoms with Crippen LogP contribution in [0.1, 0.15) is 31.2 Å². The predicted octanol–water partition coefficient (Wildman–Crippen LogP) is 3.20.